The van der Waals surface area contributed by atoms with Gasteiger partial charge in [-0.15, -0.1) is 11.3 Å². The van der Waals surface area contributed by atoms with Crippen LogP contribution in [0.4, 0.5) is 5.13 Å². The van der Waals surface area contributed by atoms with Gasteiger partial charge in [-0.1, -0.05) is 5.16 Å². The Kier molecular flexibility index (Phi) is 7.72. The van der Waals surface area contributed by atoms with E-state index in [-0.39, 0.29) is 28.9 Å². The highest BCUT2D eigenvalue weighted by Crippen LogP contribution is 2.14. The standard InChI is InChI=1S/C15H23N3O7S2/c1-9(12(19)24-15(2,3)4)25-18-11(10-8-26-14(16)17-10)13(20)23-6-7-27(5,21)22/h8-9H,6-7H2,1-5H3,(H2,16,17)/b18-11+. The fourth-order valence-corrected chi connectivity index (χ4v) is 2.43. The van der Waals surface area contributed by atoms with Gasteiger partial charge in [0.05, 0.1) is 5.75 Å². The maximum atomic E-state index is 12.2. The average molecular weight is 421 g/mol. The second kappa shape index (κ2) is 9.13. The van der Waals surface area contributed by atoms with Gasteiger partial charge in [0.1, 0.15) is 17.9 Å². The smallest absolute Gasteiger partial charge is 0.362 e. The Morgan fingerprint density at radius 3 is 2.48 bits per heavy atom. The molecule has 0 radical (unpaired) electrons. The molecule has 1 atom stereocenters. The fraction of sp³-hybridized carbons (Fsp3) is 0.600. The lowest BCUT2D eigenvalue weighted by molar-refractivity contribution is -0.167. The predicted molar refractivity (Wildman–Crippen MR) is 100 cm³/mol. The van der Waals surface area contributed by atoms with Crippen molar-refractivity contribution >= 4 is 44.0 Å². The van der Waals surface area contributed by atoms with E-state index in [1.54, 1.807) is 20.8 Å². The topological polar surface area (TPSA) is 147 Å². The van der Waals surface area contributed by atoms with E-state index in [9.17, 15) is 18.0 Å². The zero-order valence-corrected chi connectivity index (χ0v) is 17.3. The van der Waals surface area contributed by atoms with E-state index in [0.29, 0.717) is 0 Å². The van der Waals surface area contributed by atoms with Crippen LogP contribution in [0.3, 0.4) is 0 Å². The highest BCUT2D eigenvalue weighted by atomic mass is 32.2. The van der Waals surface area contributed by atoms with Gasteiger partial charge < -0.3 is 20.0 Å². The first-order valence-electron chi connectivity index (χ1n) is 7.81. The number of aromatic nitrogens is 1. The molecule has 1 heterocycles. The van der Waals surface area contributed by atoms with Gasteiger partial charge in [0.2, 0.25) is 11.8 Å². The van der Waals surface area contributed by atoms with Crippen LogP contribution in [-0.2, 0) is 33.7 Å². The number of esters is 2. The zero-order chi connectivity index (χ0) is 20.8. The normalized spacial score (nSPS) is 13.7. The van der Waals surface area contributed by atoms with Crippen LogP contribution in [0, 0.1) is 0 Å². The molecule has 1 aromatic rings. The van der Waals surface area contributed by atoms with E-state index in [1.807, 2.05) is 0 Å². The van der Waals surface area contributed by atoms with E-state index >= 15 is 0 Å². The van der Waals surface area contributed by atoms with E-state index in [0.717, 1.165) is 17.6 Å². The number of hydrogen-bond acceptors (Lipinski definition) is 11. The molecular weight excluding hydrogens is 398 g/mol. The average Bonchev–Trinajstić information content (AvgIpc) is 2.90. The largest absolute Gasteiger partial charge is 0.460 e. The highest BCUT2D eigenvalue weighted by Gasteiger charge is 2.25. The molecule has 0 aliphatic carbocycles. The molecule has 0 aromatic carbocycles. The summed E-state index contributed by atoms with van der Waals surface area (Å²) in [6.45, 7) is 6.13. The molecule has 1 unspecified atom stereocenters. The van der Waals surface area contributed by atoms with Crippen LogP contribution in [0.2, 0.25) is 0 Å². The first-order chi connectivity index (χ1) is 12.3. The Morgan fingerprint density at radius 2 is 2.00 bits per heavy atom. The monoisotopic (exact) mass is 421 g/mol. The van der Waals surface area contributed by atoms with Crippen molar-refractivity contribution in [2.24, 2.45) is 5.16 Å². The van der Waals surface area contributed by atoms with Gasteiger partial charge in [-0.05, 0) is 27.7 Å². The maximum Gasteiger partial charge on any atom is 0.362 e. The van der Waals surface area contributed by atoms with Crippen LogP contribution < -0.4 is 5.73 Å². The molecule has 0 amide bonds. The first-order valence-corrected chi connectivity index (χ1v) is 10.8. The minimum Gasteiger partial charge on any atom is -0.460 e. The van der Waals surface area contributed by atoms with Gasteiger partial charge >= 0.3 is 11.9 Å². The van der Waals surface area contributed by atoms with Crippen LogP contribution in [-0.4, -0.2) is 61.4 Å². The summed E-state index contributed by atoms with van der Waals surface area (Å²) in [6.07, 6.45) is -0.0817. The van der Waals surface area contributed by atoms with Gasteiger partial charge in [0.15, 0.2) is 15.0 Å². The summed E-state index contributed by atoms with van der Waals surface area (Å²) in [4.78, 5) is 33.1. The Morgan fingerprint density at radius 1 is 1.37 bits per heavy atom. The Bertz CT molecular complexity index is 810. The molecule has 12 heteroatoms. The molecule has 27 heavy (non-hydrogen) atoms. The molecule has 0 bridgehead atoms. The third kappa shape index (κ3) is 8.82. The van der Waals surface area contributed by atoms with Crippen molar-refractivity contribution < 1.29 is 32.3 Å². The summed E-state index contributed by atoms with van der Waals surface area (Å²) in [5.74, 6) is -1.98. The fourth-order valence-electron chi connectivity index (χ4n) is 1.50. The van der Waals surface area contributed by atoms with Gasteiger partial charge in [-0.2, -0.15) is 0 Å². The maximum absolute atomic E-state index is 12.2. The first kappa shape index (κ1) is 22.8. The quantitative estimate of drug-likeness (QED) is 0.365. The zero-order valence-electron chi connectivity index (χ0n) is 15.7. The molecule has 0 saturated carbocycles. The van der Waals surface area contributed by atoms with E-state index < -0.39 is 33.5 Å². The number of carbonyl (C=O) groups excluding carboxylic acids is 2. The van der Waals surface area contributed by atoms with E-state index in [1.165, 1.54) is 12.3 Å². The van der Waals surface area contributed by atoms with E-state index in [4.69, 9.17) is 20.0 Å². The van der Waals surface area contributed by atoms with Crippen molar-refractivity contribution in [1.82, 2.24) is 4.98 Å². The number of rotatable bonds is 8. The summed E-state index contributed by atoms with van der Waals surface area (Å²) in [5, 5.41) is 5.29. The van der Waals surface area contributed by atoms with Crippen molar-refractivity contribution in [1.29, 1.82) is 0 Å². The van der Waals surface area contributed by atoms with Crippen molar-refractivity contribution in [3.8, 4) is 0 Å². The minimum absolute atomic E-state index is 0.0817. The Balaban J connectivity index is 2.90. The lowest BCUT2D eigenvalue weighted by Crippen LogP contribution is -2.31. The number of nitrogens with two attached hydrogens (primary N) is 1. The molecular formula is C15H23N3O7S2. The molecule has 0 spiro atoms. The molecule has 2 N–H and O–H groups in total. The number of anilines is 1. The Labute approximate surface area is 161 Å². The second-order valence-corrected chi connectivity index (χ2v) is 9.71. The summed E-state index contributed by atoms with van der Waals surface area (Å²) in [5.41, 5.74) is 4.58. The van der Waals surface area contributed by atoms with Crippen molar-refractivity contribution in [2.75, 3.05) is 24.3 Å². The van der Waals surface area contributed by atoms with Gasteiger partial charge in [0, 0.05) is 11.6 Å². The number of nitrogens with zero attached hydrogens (tertiary/aromatic N) is 2. The molecule has 10 nitrogen and oxygen atoms in total. The number of ether oxygens (including phenoxy) is 2. The molecule has 152 valence electrons. The van der Waals surface area contributed by atoms with Crippen molar-refractivity contribution in [3.05, 3.63) is 11.1 Å². The van der Waals surface area contributed by atoms with Crippen molar-refractivity contribution in [2.45, 2.75) is 39.4 Å². The van der Waals surface area contributed by atoms with Crippen molar-refractivity contribution in [3.63, 3.8) is 0 Å². The molecule has 0 aliphatic heterocycles. The number of nitrogen functional groups attached to an aromatic ring is 1. The molecule has 0 fully saturated rings. The molecule has 1 rings (SSSR count). The number of hydrogen-bond donors (Lipinski definition) is 1. The molecule has 0 saturated heterocycles. The summed E-state index contributed by atoms with van der Waals surface area (Å²) < 4.78 is 32.3. The lowest BCUT2D eigenvalue weighted by Gasteiger charge is -2.21. The van der Waals surface area contributed by atoms with Crippen LogP contribution >= 0.6 is 11.3 Å². The van der Waals surface area contributed by atoms with Crippen LogP contribution in [0.5, 0.6) is 0 Å². The van der Waals surface area contributed by atoms with E-state index in [2.05, 4.69) is 10.1 Å². The SMILES string of the molecule is CC(O/N=C(/C(=O)OCCS(C)(=O)=O)c1csc(N)n1)C(=O)OC(C)(C)C. The lowest BCUT2D eigenvalue weighted by atomic mass is 10.2. The minimum atomic E-state index is -3.30. The van der Waals surface area contributed by atoms with Crippen LogP contribution in [0.25, 0.3) is 0 Å². The highest BCUT2D eigenvalue weighted by molar-refractivity contribution is 7.90. The predicted octanol–water partition coefficient (Wildman–Crippen LogP) is 0.764. The van der Waals surface area contributed by atoms with Crippen LogP contribution in [0.1, 0.15) is 33.4 Å². The van der Waals surface area contributed by atoms with Gasteiger partial charge in [0.25, 0.3) is 0 Å². The van der Waals surface area contributed by atoms with Crippen LogP contribution in [0.15, 0.2) is 10.5 Å². The second-order valence-electron chi connectivity index (χ2n) is 6.56. The molecule has 1 aromatic heterocycles. The molecule has 0 aliphatic rings. The third-order valence-corrected chi connectivity index (χ3v) is 4.27. The number of oxime groups is 1. The summed E-state index contributed by atoms with van der Waals surface area (Å²) in [6, 6.07) is 0. The third-order valence-electron chi connectivity index (χ3n) is 2.69. The van der Waals surface area contributed by atoms with Gasteiger partial charge in [-0.3, -0.25) is 0 Å². The van der Waals surface area contributed by atoms with Gasteiger partial charge in [-0.25, -0.2) is 23.0 Å². The number of carbonyl (C=O) groups is 2. The Hall–Kier alpha value is -2.21. The number of thiazole rings is 1. The summed E-state index contributed by atoms with van der Waals surface area (Å²) in [7, 11) is -3.30. The summed E-state index contributed by atoms with van der Waals surface area (Å²) >= 11 is 1.06. The number of sulfone groups is 1.